The van der Waals surface area contributed by atoms with Crippen LogP contribution in [0.1, 0.15) is 23.2 Å². The van der Waals surface area contributed by atoms with Crippen molar-refractivity contribution in [3.63, 3.8) is 0 Å². The van der Waals surface area contributed by atoms with Gasteiger partial charge in [-0.2, -0.15) is 13.2 Å². The highest BCUT2D eigenvalue weighted by molar-refractivity contribution is 5.93. The van der Waals surface area contributed by atoms with Crippen LogP contribution < -0.4 is 4.74 Å². The molecule has 1 saturated heterocycles. The molecule has 1 aromatic rings. The van der Waals surface area contributed by atoms with Crippen LogP contribution in [-0.4, -0.2) is 54.9 Å². The monoisotopic (exact) mass is 318 g/mol. The Kier molecular flexibility index (Phi) is 5.23. The van der Waals surface area contributed by atoms with E-state index in [9.17, 15) is 18.0 Å². The predicted octanol–water partition coefficient (Wildman–Crippen LogP) is 2.27. The molecule has 0 bridgehead atoms. The van der Waals surface area contributed by atoms with E-state index in [0.717, 1.165) is 12.8 Å². The summed E-state index contributed by atoms with van der Waals surface area (Å²) in [6.45, 7) is -0.225. The van der Waals surface area contributed by atoms with Crippen molar-refractivity contribution >= 4 is 5.91 Å². The zero-order valence-corrected chi connectivity index (χ0v) is 12.1. The lowest BCUT2D eigenvalue weighted by atomic mass is 10.2. The molecule has 0 saturated carbocycles. The Hall–Kier alpha value is -1.83. The van der Waals surface area contributed by atoms with Gasteiger partial charge in [-0.1, -0.05) is 0 Å². The second-order valence-electron chi connectivity index (χ2n) is 5.11. The molecule has 8 heteroatoms. The first-order chi connectivity index (χ1) is 10.3. The van der Waals surface area contributed by atoms with Crippen molar-refractivity contribution in [1.29, 1.82) is 0 Å². The molecule has 1 amide bonds. The first kappa shape index (κ1) is 16.5. The number of hydrogen-bond donors (Lipinski definition) is 0. The molecule has 0 radical (unpaired) electrons. The van der Waals surface area contributed by atoms with Crippen molar-refractivity contribution in [1.82, 2.24) is 9.88 Å². The molecule has 0 aliphatic carbocycles. The number of pyridine rings is 1. The van der Waals surface area contributed by atoms with Crippen LogP contribution in [0.5, 0.6) is 5.88 Å². The van der Waals surface area contributed by atoms with E-state index >= 15 is 0 Å². The van der Waals surface area contributed by atoms with Gasteiger partial charge in [0.1, 0.15) is 0 Å². The fourth-order valence-corrected chi connectivity index (χ4v) is 2.15. The predicted molar refractivity (Wildman–Crippen MR) is 71.7 cm³/mol. The Morgan fingerprint density at radius 3 is 2.82 bits per heavy atom. The molecule has 0 unspecified atom stereocenters. The van der Waals surface area contributed by atoms with Gasteiger partial charge < -0.3 is 14.4 Å². The van der Waals surface area contributed by atoms with Crippen LogP contribution in [-0.2, 0) is 4.74 Å². The first-order valence-corrected chi connectivity index (χ1v) is 6.88. The van der Waals surface area contributed by atoms with Crippen molar-refractivity contribution < 1.29 is 27.4 Å². The van der Waals surface area contributed by atoms with Crippen LogP contribution in [0, 0.1) is 0 Å². The Morgan fingerprint density at radius 2 is 2.27 bits per heavy atom. The number of ether oxygens (including phenoxy) is 2. The van der Waals surface area contributed by atoms with Gasteiger partial charge in [-0.15, -0.1) is 0 Å². The molecule has 1 aromatic heterocycles. The number of aromatic nitrogens is 1. The number of halogens is 3. The molecular weight excluding hydrogens is 301 g/mol. The number of alkyl halides is 3. The fraction of sp³-hybridized carbons (Fsp3) is 0.571. The molecule has 2 heterocycles. The molecule has 0 N–H and O–H groups in total. The molecule has 1 aliphatic rings. The van der Waals surface area contributed by atoms with Crippen LogP contribution in [0.2, 0.25) is 0 Å². The van der Waals surface area contributed by atoms with E-state index in [1.807, 2.05) is 0 Å². The van der Waals surface area contributed by atoms with Gasteiger partial charge in [0.25, 0.3) is 5.91 Å². The third kappa shape index (κ3) is 4.87. The smallest absolute Gasteiger partial charge is 0.422 e. The van der Waals surface area contributed by atoms with Gasteiger partial charge in [-0.25, -0.2) is 4.98 Å². The molecule has 5 nitrogen and oxygen atoms in total. The maximum atomic E-state index is 12.2. The van der Waals surface area contributed by atoms with E-state index < -0.39 is 12.8 Å². The lowest BCUT2D eigenvalue weighted by molar-refractivity contribution is -0.154. The maximum Gasteiger partial charge on any atom is 0.422 e. The van der Waals surface area contributed by atoms with E-state index in [1.165, 1.54) is 23.2 Å². The summed E-state index contributed by atoms with van der Waals surface area (Å²) in [5, 5.41) is 0. The lowest BCUT2D eigenvalue weighted by Gasteiger charge is -2.20. The highest BCUT2D eigenvalue weighted by Gasteiger charge is 2.28. The number of nitrogens with zero attached hydrogens (tertiary/aromatic N) is 2. The minimum absolute atomic E-state index is 0.0382. The average Bonchev–Trinajstić information content (AvgIpc) is 2.97. The zero-order valence-electron chi connectivity index (χ0n) is 12.1. The Bertz CT molecular complexity index is 499. The molecule has 1 fully saturated rings. The maximum absolute atomic E-state index is 12.2. The van der Waals surface area contributed by atoms with Crippen molar-refractivity contribution in [2.45, 2.75) is 25.1 Å². The minimum Gasteiger partial charge on any atom is -0.468 e. The minimum atomic E-state index is -4.42. The Morgan fingerprint density at radius 1 is 1.50 bits per heavy atom. The summed E-state index contributed by atoms with van der Waals surface area (Å²) < 4.78 is 46.0. The third-order valence-electron chi connectivity index (χ3n) is 3.22. The number of amides is 1. The van der Waals surface area contributed by atoms with Crippen LogP contribution >= 0.6 is 0 Å². The molecule has 0 aromatic carbocycles. The van der Waals surface area contributed by atoms with Crippen LogP contribution in [0.4, 0.5) is 13.2 Å². The number of rotatable bonds is 5. The van der Waals surface area contributed by atoms with Gasteiger partial charge >= 0.3 is 6.18 Å². The second-order valence-corrected chi connectivity index (χ2v) is 5.11. The molecular formula is C14H17F3N2O3. The van der Waals surface area contributed by atoms with Gasteiger partial charge in [0, 0.05) is 32.5 Å². The number of hydrogen-bond acceptors (Lipinski definition) is 4. The zero-order chi connectivity index (χ0) is 16.2. The summed E-state index contributed by atoms with van der Waals surface area (Å²) >= 11 is 0. The van der Waals surface area contributed by atoms with Gasteiger partial charge in [0.05, 0.1) is 11.7 Å². The largest absolute Gasteiger partial charge is 0.468 e. The van der Waals surface area contributed by atoms with Crippen LogP contribution in [0.3, 0.4) is 0 Å². The number of carbonyl (C=O) groups is 1. The Labute approximate surface area is 126 Å². The summed E-state index contributed by atoms with van der Waals surface area (Å²) in [5.41, 5.74) is 0.292. The van der Waals surface area contributed by atoms with Gasteiger partial charge in [-0.05, 0) is 18.9 Å². The molecule has 1 aliphatic heterocycles. The summed E-state index contributed by atoms with van der Waals surface area (Å²) in [6, 6.07) is 2.64. The quantitative estimate of drug-likeness (QED) is 0.836. The molecule has 2 rings (SSSR count). The number of carbonyl (C=O) groups excluding carboxylic acids is 1. The SMILES string of the molecule is CN(C[C@@H]1CCCO1)C(=O)c1ccc(OCC(F)(F)F)nc1. The van der Waals surface area contributed by atoms with Gasteiger partial charge in [0.2, 0.25) is 5.88 Å². The summed E-state index contributed by atoms with van der Waals surface area (Å²) in [7, 11) is 1.65. The lowest BCUT2D eigenvalue weighted by Crippen LogP contribution is -2.34. The average molecular weight is 318 g/mol. The molecule has 22 heavy (non-hydrogen) atoms. The highest BCUT2D eigenvalue weighted by atomic mass is 19.4. The summed E-state index contributed by atoms with van der Waals surface area (Å²) in [6.07, 6.45) is -1.27. The molecule has 122 valence electrons. The van der Waals surface area contributed by atoms with Crippen molar-refractivity contribution in [2.75, 3.05) is 26.8 Å². The number of likely N-dealkylation sites (N-methyl/N-ethyl adjacent to an activating group) is 1. The summed E-state index contributed by atoms with van der Waals surface area (Å²) in [4.78, 5) is 17.4. The molecule has 0 spiro atoms. The van der Waals surface area contributed by atoms with Gasteiger partial charge in [-0.3, -0.25) is 4.79 Å². The molecule has 1 atom stereocenters. The van der Waals surface area contributed by atoms with E-state index in [1.54, 1.807) is 7.05 Å². The van der Waals surface area contributed by atoms with Crippen LogP contribution in [0.25, 0.3) is 0 Å². The Balaban J connectivity index is 1.89. The highest BCUT2D eigenvalue weighted by Crippen LogP contribution is 2.18. The van der Waals surface area contributed by atoms with E-state index in [0.29, 0.717) is 18.7 Å². The second kappa shape index (κ2) is 6.95. The van der Waals surface area contributed by atoms with Crippen LogP contribution in [0.15, 0.2) is 18.3 Å². The van der Waals surface area contributed by atoms with E-state index in [-0.39, 0.29) is 17.9 Å². The standard InChI is InChI=1S/C14H17F3N2O3/c1-19(8-11-3-2-6-21-11)13(20)10-4-5-12(18-7-10)22-9-14(15,16)17/h4-5,7,11H,2-3,6,8-9H2,1H3/t11-/m0/s1. The van der Waals surface area contributed by atoms with Crippen molar-refractivity contribution in [2.24, 2.45) is 0 Å². The topological polar surface area (TPSA) is 51.7 Å². The van der Waals surface area contributed by atoms with E-state index in [2.05, 4.69) is 9.72 Å². The third-order valence-corrected chi connectivity index (χ3v) is 3.22. The first-order valence-electron chi connectivity index (χ1n) is 6.88. The van der Waals surface area contributed by atoms with Crippen molar-refractivity contribution in [3.05, 3.63) is 23.9 Å². The normalized spacial score (nSPS) is 18.3. The van der Waals surface area contributed by atoms with E-state index in [4.69, 9.17) is 4.74 Å². The van der Waals surface area contributed by atoms with Gasteiger partial charge in [0.15, 0.2) is 6.61 Å². The fourth-order valence-electron chi connectivity index (χ4n) is 2.15. The summed E-state index contributed by atoms with van der Waals surface area (Å²) in [5.74, 6) is -0.430. The van der Waals surface area contributed by atoms with Crippen molar-refractivity contribution in [3.8, 4) is 5.88 Å².